The van der Waals surface area contributed by atoms with Gasteiger partial charge in [0, 0.05) is 33.0 Å². The van der Waals surface area contributed by atoms with E-state index in [9.17, 15) is 0 Å². The highest BCUT2D eigenvalue weighted by atomic mass is 16.5. The van der Waals surface area contributed by atoms with Gasteiger partial charge < -0.3 is 14.6 Å². The van der Waals surface area contributed by atoms with Gasteiger partial charge in [-0.1, -0.05) is 0 Å². The number of hydrogen-bond donors (Lipinski definition) is 1. The number of nitrogens with zero attached hydrogens (tertiary/aromatic N) is 2. The highest BCUT2D eigenvalue weighted by Crippen LogP contribution is 2.15. The van der Waals surface area contributed by atoms with Crippen molar-refractivity contribution in [1.82, 2.24) is 9.88 Å². The number of aryl methyl sites for hydroxylation is 1. The summed E-state index contributed by atoms with van der Waals surface area (Å²) in [4.78, 5) is 0. The second-order valence-electron chi connectivity index (χ2n) is 4.65. The lowest BCUT2D eigenvalue weighted by molar-refractivity contribution is 0.184. The summed E-state index contributed by atoms with van der Waals surface area (Å²) < 4.78 is 7.20. The molecule has 0 saturated carbocycles. The maximum absolute atomic E-state index is 8.84. The summed E-state index contributed by atoms with van der Waals surface area (Å²) in [6.07, 6.45) is 4.38. The second kappa shape index (κ2) is 5.85. The first kappa shape index (κ1) is 12.2. The summed E-state index contributed by atoms with van der Waals surface area (Å²) >= 11 is 0. The molecule has 1 N–H and O–H groups in total. The number of nitriles is 1. The van der Waals surface area contributed by atoms with E-state index in [4.69, 9.17) is 10.00 Å². The summed E-state index contributed by atoms with van der Waals surface area (Å²) in [6, 6.07) is 4.11. The number of aromatic nitrogens is 1. The van der Waals surface area contributed by atoms with Crippen LogP contribution in [0.1, 0.15) is 24.1 Å². The molecule has 0 spiro atoms. The molecule has 2 heterocycles. The van der Waals surface area contributed by atoms with Crippen molar-refractivity contribution in [2.75, 3.05) is 19.8 Å². The summed E-state index contributed by atoms with van der Waals surface area (Å²) in [5, 5.41) is 12.3. The second-order valence-corrected chi connectivity index (χ2v) is 4.65. The largest absolute Gasteiger partial charge is 0.381 e. The van der Waals surface area contributed by atoms with Gasteiger partial charge in [-0.2, -0.15) is 5.26 Å². The standard InChI is InChI=1S/C13H19N3O/c1-16-9-12(6-13(16)7-14)8-15-4-2-11-3-5-17-10-11/h6,9,11,15H,2-5,8,10H2,1H3. The SMILES string of the molecule is Cn1cc(CNCCC2CCOC2)cc1C#N. The molecule has 4 nitrogen and oxygen atoms in total. The molecule has 1 atom stereocenters. The molecule has 92 valence electrons. The third-order valence-corrected chi connectivity index (χ3v) is 3.26. The summed E-state index contributed by atoms with van der Waals surface area (Å²) in [5.74, 6) is 0.730. The van der Waals surface area contributed by atoms with Crippen molar-refractivity contribution >= 4 is 0 Å². The lowest BCUT2D eigenvalue weighted by Gasteiger charge is -2.07. The van der Waals surface area contributed by atoms with E-state index in [1.165, 1.54) is 18.4 Å². The molecule has 1 aliphatic rings. The first-order chi connectivity index (χ1) is 8.29. The number of ether oxygens (including phenoxy) is 1. The van der Waals surface area contributed by atoms with Gasteiger partial charge in [-0.25, -0.2) is 0 Å². The molecule has 1 fully saturated rings. The average molecular weight is 233 g/mol. The minimum atomic E-state index is 0.714. The van der Waals surface area contributed by atoms with Gasteiger partial charge in [0.15, 0.2) is 0 Å². The highest BCUT2D eigenvalue weighted by molar-refractivity contribution is 5.28. The van der Waals surface area contributed by atoms with Crippen molar-refractivity contribution in [3.63, 3.8) is 0 Å². The molecule has 0 amide bonds. The van der Waals surface area contributed by atoms with E-state index in [-0.39, 0.29) is 0 Å². The van der Waals surface area contributed by atoms with Gasteiger partial charge in [-0.15, -0.1) is 0 Å². The van der Waals surface area contributed by atoms with Gasteiger partial charge in [-0.05, 0) is 36.9 Å². The van der Waals surface area contributed by atoms with E-state index < -0.39 is 0 Å². The molecule has 0 bridgehead atoms. The van der Waals surface area contributed by atoms with Gasteiger partial charge in [0.1, 0.15) is 11.8 Å². The van der Waals surface area contributed by atoms with Crippen LogP contribution in [0.15, 0.2) is 12.3 Å². The van der Waals surface area contributed by atoms with E-state index in [1.807, 2.05) is 23.9 Å². The maximum Gasteiger partial charge on any atom is 0.120 e. The van der Waals surface area contributed by atoms with Crippen molar-refractivity contribution in [1.29, 1.82) is 5.26 Å². The van der Waals surface area contributed by atoms with Gasteiger partial charge >= 0.3 is 0 Å². The number of nitrogens with one attached hydrogen (secondary N) is 1. The Labute approximate surface area is 102 Å². The van der Waals surface area contributed by atoms with E-state index in [2.05, 4.69) is 11.4 Å². The Morgan fingerprint density at radius 3 is 3.18 bits per heavy atom. The van der Waals surface area contributed by atoms with Crippen LogP contribution in [-0.4, -0.2) is 24.3 Å². The molecule has 4 heteroatoms. The topological polar surface area (TPSA) is 50.0 Å². The Morgan fingerprint density at radius 1 is 1.65 bits per heavy atom. The van der Waals surface area contributed by atoms with Crippen molar-refractivity contribution in [3.05, 3.63) is 23.5 Å². The quantitative estimate of drug-likeness (QED) is 0.782. The summed E-state index contributed by atoms with van der Waals surface area (Å²) in [5.41, 5.74) is 1.89. The molecule has 17 heavy (non-hydrogen) atoms. The third kappa shape index (κ3) is 3.32. The molecule has 2 rings (SSSR count). The smallest absolute Gasteiger partial charge is 0.120 e. The van der Waals surface area contributed by atoms with Gasteiger partial charge in [0.25, 0.3) is 0 Å². The molecule has 0 aromatic carbocycles. The fourth-order valence-electron chi connectivity index (χ4n) is 2.19. The van der Waals surface area contributed by atoms with Crippen molar-refractivity contribution < 1.29 is 4.74 Å². The number of rotatable bonds is 5. The minimum Gasteiger partial charge on any atom is -0.381 e. The Kier molecular flexibility index (Phi) is 4.18. The van der Waals surface area contributed by atoms with Crippen LogP contribution in [-0.2, 0) is 18.3 Å². The van der Waals surface area contributed by atoms with Gasteiger partial charge in [0.2, 0.25) is 0 Å². The van der Waals surface area contributed by atoms with Gasteiger partial charge in [-0.3, -0.25) is 0 Å². The average Bonchev–Trinajstić information content (AvgIpc) is 2.94. The van der Waals surface area contributed by atoms with Crippen LogP contribution >= 0.6 is 0 Å². The van der Waals surface area contributed by atoms with Crippen LogP contribution in [0.4, 0.5) is 0 Å². The third-order valence-electron chi connectivity index (χ3n) is 3.26. The molecule has 1 aromatic heterocycles. The van der Waals surface area contributed by atoms with Crippen molar-refractivity contribution in [2.24, 2.45) is 13.0 Å². The first-order valence-corrected chi connectivity index (χ1v) is 6.13. The lowest BCUT2D eigenvalue weighted by atomic mass is 10.1. The molecular formula is C13H19N3O. The number of hydrogen-bond acceptors (Lipinski definition) is 3. The van der Waals surface area contributed by atoms with E-state index in [0.717, 1.165) is 32.2 Å². The van der Waals surface area contributed by atoms with E-state index in [0.29, 0.717) is 5.69 Å². The summed E-state index contributed by atoms with van der Waals surface area (Å²) in [7, 11) is 1.90. The molecule has 1 aromatic rings. The Bertz CT molecular complexity index is 399. The molecule has 1 unspecified atom stereocenters. The molecule has 1 saturated heterocycles. The highest BCUT2D eigenvalue weighted by Gasteiger charge is 2.14. The predicted molar refractivity (Wildman–Crippen MR) is 65.4 cm³/mol. The van der Waals surface area contributed by atoms with Crippen LogP contribution < -0.4 is 5.32 Å². The van der Waals surface area contributed by atoms with Crippen LogP contribution in [0.25, 0.3) is 0 Å². The zero-order valence-electron chi connectivity index (χ0n) is 10.3. The van der Waals surface area contributed by atoms with Crippen LogP contribution in [0.3, 0.4) is 0 Å². The monoisotopic (exact) mass is 233 g/mol. The van der Waals surface area contributed by atoms with Crippen LogP contribution in [0.2, 0.25) is 0 Å². The van der Waals surface area contributed by atoms with E-state index in [1.54, 1.807) is 0 Å². The molecule has 0 aliphatic carbocycles. The minimum absolute atomic E-state index is 0.714. The maximum atomic E-state index is 8.84. The van der Waals surface area contributed by atoms with Crippen molar-refractivity contribution in [3.8, 4) is 6.07 Å². The van der Waals surface area contributed by atoms with Crippen LogP contribution in [0.5, 0.6) is 0 Å². The normalized spacial score (nSPS) is 19.4. The zero-order chi connectivity index (χ0) is 12.1. The lowest BCUT2D eigenvalue weighted by Crippen LogP contribution is -2.17. The zero-order valence-corrected chi connectivity index (χ0v) is 10.3. The first-order valence-electron chi connectivity index (χ1n) is 6.13. The van der Waals surface area contributed by atoms with Crippen LogP contribution in [0, 0.1) is 17.2 Å². The molecule has 0 radical (unpaired) electrons. The van der Waals surface area contributed by atoms with Crippen molar-refractivity contribution in [2.45, 2.75) is 19.4 Å². The summed E-state index contributed by atoms with van der Waals surface area (Å²) in [6.45, 7) is 3.70. The Hall–Kier alpha value is -1.31. The van der Waals surface area contributed by atoms with Gasteiger partial charge in [0.05, 0.1) is 0 Å². The Morgan fingerprint density at radius 2 is 2.53 bits per heavy atom. The molecule has 1 aliphatic heterocycles. The van der Waals surface area contributed by atoms with E-state index >= 15 is 0 Å². The Balaban J connectivity index is 1.69. The molecular weight excluding hydrogens is 214 g/mol. The fraction of sp³-hybridized carbons (Fsp3) is 0.615. The fourth-order valence-corrected chi connectivity index (χ4v) is 2.19. The predicted octanol–water partition coefficient (Wildman–Crippen LogP) is 1.41.